The van der Waals surface area contributed by atoms with Crippen LogP contribution < -0.4 is 5.32 Å². The average Bonchev–Trinajstić information content (AvgIpc) is 2.32. The van der Waals surface area contributed by atoms with Gasteiger partial charge in [-0.2, -0.15) is 0 Å². The third-order valence-corrected chi connectivity index (χ3v) is 3.35. The Hall–Kier alpha value is -1.48. The van der Waals surface area contributed by atoms with Crippen molar-refractivity contribution in [3.05, 3.63) is 58.1 Å². The number of halogens is 1. The first-order chi connectivity index (χ1) is 8.20. The molecule has 0 aliphatic carbocycles. The number of anilines is 1. The second kappa shape index (κ2) is 5.23. The van der Waals surface area contributed by atoms with Gasteiger partial charge in [0.2, 0.25) is 0 Å². The Morgan fingerprint density at radius 3 is 2.59 bits per heavy atom. The van der Waals surface area contributed by atoms with Gasteiger partial charge in [-0.1, -0.05) is 24.3 Å². The second-order valence-electron chi connectivity index (χ2n) is 3.87. The van der Waals surface area contributed by atoms with E-state index < -0.39 is 0 Å². The fourth-order valence-electron chi connectivity index (χ4n) is 1.75. The summed E-state index contributed by atoms with van der Waals surface area (Å²) in [6, 6.07) is 13.6. The Bertz CT molecular complexity index is 525. The highest BCUT2D eigenvalue weighted by Crippen LogP contribution is 2.26. The molecule has 88 valence electrons. The quantitative estimate of drug-likeness (QED) is 0.902. The SMILES string of the molecule is CNc1ccc(Cc2ccccc2O)cc1Br. The van der Waals surface area contributed by atoms with Crippen molar-refractivity contribution in [1.82, 2.24) is 0 Å². The molecule has 0 aliphatic rings. The van der Waals surface area contributed by atoms with Crippen LogP contribution in [0.3, 0.4) is 0 Å². The highest BCUT2D eigenvalue weighted by molar-refractivity contribution is 9.10. The summed E-state index contributed by atoms with van der Waals surface area (Å²) in [5, 5.41) is 12.8. The zero-order valence-electron chi connectivity index (χ0n) is 9.57. The van der Waals surface area contributed by atoms with E-state index in [4.69, 9.17) is 0 Å². The summed E-state index contributed by atoms with van der Waals surface area (Å²) >= 11 is 3.51. The van der Waals surface area contributed by atoms with Crippen LogP contribution in [0.1, 0.15) is 11.1 Å². The Morgan fingerprint density at radius 2 is 1.94 bits per heavy atom. The Kier molecular flexibility index (Phi) is 3.69. The zero-order chi connectivity index (χ0) is 12.3. The summed E-state index contributed by atoms with van der Waals surface area (Å²) in [6.07, 6.45) is 0.731. The molecule has 0 amide bonds. The topological polar surface area (TPSA) is 32.3 Å². The number of para-hydroxylation sites is 1. The Morgan fingerprint density at radius 1 is 1.18 bits per heavy atom. The van der Waals surface area contributed by atoms with Gasteiger partial charge in [0.15, 0.2) is 0 Å². The van der Waals surface area contributed by atoms with Crippen molar-refractivity contribution in [3.63, 3.8) is 0 Å². The van der Waals surface area contributed by atoms with Gasteiger partial charge in [0.25, 0.3) is 0 Å². The average molecular weight is 292 g/mol. The monoisotopic (exact) mass is 291 g/mol. The normalized spacial score (nSPS) is 10.2. The maximum Gasteiger partial charge on any atom is 0.119 e. The summed E-state index contributed by atoms with van der Waals surface area (Å²) in [4.78, 5) is 0. The van der Waals surface area contributed by atoms with E-state index in [1.165, 1.54) is 0 Å². The van der Waals surface area contributed by atoms with E-state index in [0.29, 0.717) is 5.75 Å². The summed E-state index contributed by atoms with van der Waals surface area (Å²) in [5.74, 6) is 0.348. The van der Waals surface area contributed by atoms with E-state index in [0.717, 1.165) is 27.7 Å². The van der Waals surface area contributed by atoms with Gasteiger partial charge < -0.3 is 10.4 Å². The lowest BCUT2D eigenvalue weighted by Crippen LogP contribution is -1.93. The van der Waals surface area contributed by atoms with Crippen LogP contribution in [0.25, 0.3) is 0 Å². The van der Waals surface area contributed by atoms with Crippen LogP contribution in [0.4, 0.5) is 5.69 Å². The molecule has 0 atom stereocenters. The van der Waals surface area contributed by atoms with Crippen molar-refractivity contribution < 1.29 is 5.11 Å². The van der Waals surface area contributed by atoms with Gasteiger partial charge in [0.05, 0.1) is 0 Å². The molecule has 0 heterocycles. The van der Waals surface area contributed by atoms with Crippen LogP contribution >= 0.6 is 15.9 Å². The molecule has 2 aromatic rings. The number of aromatic hydroxyl groups is 1. The number of phenols is 1. The molecule has 0 bridgehead atoms. The number of hydrogen-bond acceptors (Lipinski definition) is 2. The third-order valence-electron chi connectivity index (χ3n) is 2.69. The van der Waals surface area contributed by atoms with Crippen LogP contribution in [0, 0.1) is 0 Å². The minimum atomic E-state index is 0.348. The zero-order valence-corrected chi connectivity index (χ0v) is 11.2. The predicted molar refractivity (Wildman–Crippen MR) is 74.6 cm³/mol. The molecule has 0 aromatic heterocycles. The summed E-state index contributed by atoms with van der Waals surface area (Å²) in [6.45, 7) is 0. The molecule has 2 rings (SSSR count). The molecule has 2 N–H and O–H groups in total. The Balaban J connectivity index is 2.25. The predicted octanol–water partition coefficient (Wildman–Crippen LogP) is 3.79. The van der Waals surface area contributed by atoms with E-state index in [-0.39, 0.29) is 0 Å². The number of phenolic OH excluding ortho intramolecular Hbond substituents is 1. The lowest BCUT2D eigenvalue weighted by atomic mass is 10.0. The molecule has 0 fully saturated rings. The van der Waals surface area contributed by atoms with E-state index in [9.17, 15) is 5.11 Å². The lowest BCUT2D eigenvalue weighted by Gasteiger charge is -2.08. The van der Waals surface area contributed by atoms with Gasteiger partial charge in [-0.25, -0.2) is 0 Å². The molecule has 0 saturated heterocycles. The van der Waals surface area contributed by atoms with Crippen LogP contribution in [-0.2, 0) is 6.42 Å². The standard InChI is InChI=1S/C14H14BrNO/c1-16-13-7-6-10(9-12(13)15)8-11-4-2-3-5-14(11)17/h2-7,9,16-17H,8H2,1H3. The van der Waals surface area contributed by atoms with Gasteiger partial charge >= 0.3 is 0 Å². The molecular weight excluding hydrogens is 278 g/mol. The summed E-state index contributed by atoms with van der Waals surface area (Å²) in [5.41, 5.74) is 3.17. The van der Waals surface area contributed by atoms with Crippen LogP contribution in [0.5, 0.6) is 5.75 Å². The number of hydrogen-bond donors (Lipinski definition) is 2. The van der Waals surface area contributed by atoms with Crippen molar-refractivity contribution in [2.24, 2.45) is 0 Å². The van der Waals surface area contributed by atoms with Crippen molar-refractivity contribution in [3.8, 4) is 5.75 Å². The molecule has 0 aliphatic heterocycles. The van der Waals surface area contributed by atoms with Crippen LogP contribution in [-0.4, -0.2) is 12.2 Å². The largest absolute Gasteiger partial charge is 0.508 e. The molecule has 2 aromatic carbocycles. The van der Waals surface area contributed by atoms with Crippen molar-refractivity contribution in [1.29, 1.82) is 0 Å². The fourth-order valence-corrected chi connectivity index (χ4v) is 2.38. The fraction of sp³-hybridized carbons (Fsp3) is 0.143. The molecule has 0 spiro atoms. The van der Waals surface area contributed by atoms with E-state index in [1.807, 2.05) is 31.3 Å². The minimum Gasteiger partial charge on any atom is -0.508 e. The highest BCUT2D eigenvalue weighted by atomic mass is 79.9. The maximum absolute atomic E-state index is 9.72. The number of benzene rings is 2. The maximum atomic E-state index is 9.72. The van der Waals surface area contributed by atoms with Gasteiger partial charge in [-0.3, -0.25) is 0 Å². The van der Waals surface area contributed by atoms with Crippen LogP contribution in [0.2, 0.25) is 0 Å². The first-order valence-electron chi connectivity index (χ1n) is 5.44. The first-order valence-corrected chi connectivity index (χ1v) is 6.23. The van der Waals surface area contributed by atoms with Gasteiger partial charge in [0, 0.05) is 23.6 Å². The summed E-state index contributed by atoms with van der Waals surface area (Å²) < 4.78 is 1.04. The Labute approximate surface area is 109 Å². The molecule has 17 heavy (non-hydrogen) atoms. The van der Waals surface area contributed by atoms with E-state index in [1.54, 1.807) is 6.07 Å². The molecule has 0 unspecified atom stereocenters. The number of nitrogens with one attached hydrogen (secondary N) is 1. The van der Waals surface area contributed by atoms with Crippen molar-refractivity contribution >= 4 is 21.6 Å². The molecule has 3 heteroatoms. The molecule has 0 saturated carbocycles. The van der Waals surface area contributed by atoms with Crippen molar-refractivity contribution in [2.75, 3.05) is 12.4 Å². The third kappa shape index (κ3) is 2.80. The lowest BCUT2D eigenvalue weighted by molar-refractivity contribution is 0.469. The van der Waals surface area contributed by atoms with Gasteiger partial charge in [-0.15, -0.1) is 0 Å². The smallest absolute Gasteiger partial charge is 0.119 e. The van der Waals surface area contributed by atoms with E-state index in [2.05, 4.69) is 33.4 Å². The highest BCUT2D eigenvalue weighted by Gasteiger charge is 2.04. The van der Waals surface area contributed by atoms with Crippen LogP contribution in [0.15, 0.2) is 46.9 Å². The number of rotatable bonds is 3. The second-order valence-corrected chi connectivity index (χ2v) is 4.72. The van der Waals surface area contributed by atoms with Gasteiger partial charge in [-0.05, 0) is 45.3 Å². The minimum absolute atomic E-state index is 0.348. The van der Waals surface area contributed by atoms with Crippen molar-refractivity contribution in [2.45, 2.75) is 6.42 Å². The first kappa shape index (κ1) is 12.0. The molecule has 0 radical (unpaired) electrons. The summed E-state index contributed by atoms with van der Waals surface area (Å²) in [7, 11) is 1.89. The van der Waals surface area contributed by atoms with E-state index >= 15 is 0 Å². The van der Waals surface area contributed by atoms with Gasteiger partial charge in [0.1, 0.15) is 5.75 Å². The molecule has 2 nitrogen and oxygen atoms in total. The molecular formula is C14H14BrNO.